The van der Waals surface area contributed by atoms with E-state index in [1.807, 2.05) is 59.2 Å². The van der Waals surface area contributed by atoms with Crippen LogP contribution in [0.1, 0.15) is 17.8 Å². The number of para-hydroxylation sites is 1. The first-order chi connectivity index (χ1) is 15.2. The van der Waals surface area contributed by atoms with E-state index in [0.29, 0.717) is 31.9 Å². The molecule has 1 N–H and O–H groups in total. The van der Waals surface area contributed by atoms with Crippen LogP contribution in [0.15, 0.2) is 72.4 Å². The van der Waals surface area contributed by atoms with Gasteiger partial charge in [-0.05, 0) is 29.8 Å². The van der Waals surface area contributed by atoms with Crippen LogP contribution in [-0.4, -0.2) is 33.5 Å². The van der Waals surface area contributed by atoms with Gasteiger partial charge in [-0.25, -0.2) is 0 Å². The fourth-order valence-corrected chi connectivity index (χ4v) is 3.68. The van der Waals surface area contributed by atoms with Crippen LogP contribution in [0.2, 0.25) is 0 Å². The molecule has 3 rings (SSSR count). The molecule has 7 nitrogen and oxygen atoms in total. The summed E-state index contributed by atoms with van der Waals surface area (Å²) < 4.78 is 12.9. The number of hydrogen-bond acceptors (Lipinski definition) is 6. The summed E-state index contributed by atoms with van der Waals surface area (Å²) in [6.45, 7) is 5.19. The molecule has 0 spiro atoms. The maximum Gasteiger partial charge on any atom is 0.221 e. The summed E-state index contributed by atoms with van der Waals surface area (Å²) in [6, 6.07) is 17.2. The van der Waals surface area contributed by atoms with Crippen LogP contribution >= 0.6 is 11.8 Å². The van der Waals surface area contributed by atoms with Crippen molar-refractivity contribution in [2.45, 2.75) is 31.3 Å². The highest BCUT2D eigenvalue weighted by atomic mass is 32.2. The monoisotopic (exact) mass is 438 g/mol. The van der Waals surface area contributed by atoms with Crippen LogP contribution in [0, 0.1) is 0 Å². The quantitative estimate of drug-likeness (QED) is 0.342. The molecule has 3 aromatic rings. The molecule has 0 saturated carbocycles. The molecule has 0 atom stereocenters. The van der Waals surface area contributed by atoms with Crippen molar-refractivity contribution in [2.75, 3.05) is 12.9 Å². The smallest absolute Gasteiger partial charge is 0.221 e. The van der Waals surface area contributed by atoms with E-state index in [-0.39, 0.29) is 5.91 Å². The SMILES string of the molecule is C=CCn1c(COc2ccccc2)nnc1SCCC(=O)NCc1ccc(OC)cc1. The maximum atomic E-state index is 12.2. The van der Waals surface area contributed by atoms with Gasteiger partial charge in [-0.15, -0.1) is 16.8 Å². The minimum Gasteiger partial charge on any atom is -0.497 e. The van der Waals surface area contributed by atoms with Crippen molar-refractivity contribution in [3.63, 3.8) is 0 Å². The van der Waals surface area contributed by atoms with Gasteiger partial charge in [0.05, 0.1) is 7.11 Å². The number of hydrogen-bond donors (Lipinski definition) is 1. The molecule has 0 fully saturated rings. The van der Waals surface area contributed by atoms with Gasteiger partial charge < -0.3 is 14.8 Å². The van der Waals surface area contributed by atoms with Gasteiger partial charge in [0.2, 0.25) is 5.91 Å². The normalized spacial score (nSPS) is 10.5. The molecule has 0 aliphatic rings. The number of nitrogens with one attached hydrogen (secondary N) is 1. The van der Waals surface area contributed by atoms with Gasteiger partial charge in [-0.3, -0.25) is 9.36 Å². The molecule has 1 heterocycles. The minimum atomic E-state index is -0.00858. The highest BCUT2D eigenvalue weighted by Gasteiger charge is 2.13. The first kappa shape index (κ1) is 22.4. The Balaban J connectivity index is 1.47. The second-order valence-electron chi connectivity index (χ2n) is 6.62. The fraction of sp³-hybridized carbons (Fsp3) is 0.261. The molecule has 0 bridgehead atoms. The van der Waals surface area contributed by atoms with E-state index in [4.69, 9.17) is 9.47 Å². The Labute approximate surface area is 186 Å². The van der Waals surface area contributed by atoms with Crippen LogP contribution in [-0.2, 0) is 24.5 Å². The second-order valence-corrected chi connectivity index (χ2v) is 7.69. The van der Waals surface area contributed by atoms with Crippen LogP contribution < -0.4 is 14.8 Å². The molecule has 1 amide bonds. The number of ether oxygens (including phenoxy) is 2. The van der Waals surface area contributed by atoms with Gasteiger partial charge in [-0.2, -0.15) is 0 Å². The van der Waals surface area contributed by atoms with Crippen LogP contribution in [0.5, 0.6) is 11.5 Å². The van der Waals surface area contributed by atoms with Crippen molar-refractivity contribution in [1.29, 1.82) is 0 Å². The number of carbonyl (C=O) groups excluding carboxylic acids is 1. The minimum absolute atomic E-state index is 0.00858. The molecule has 0 radical (unpaired) electrons. The van der Waals surface area contributed by atoms with E-state index >= 15 is 0 Å². The lowest BCUT2D eigenvalue weighted by atomic mass is 10.2. The number of nitrogens with zero attached hydrogens (tertiary/aromatic N) is 3. The molecule has 162 valence electrons. The van der Waals surface area contributed by atoms with Gasteiger partial charge in [0.25, 0.3) is 0 Å². The average molecular weight is 439 g/mol. The van der Waals surface area contributed by atoms with Crippen molar-refractivity contribution < 1.29 is 14.3 Å². The maximum absolute atomic E-state index is 12.2. The van der Waals surface area contributed by atoms with Crippen molar-refractivity contribution in [2.24, 2.45) is 0 Å². The van der Waals surface area contributed by atoms with Gasteiger partial charge in [0, 0.05) is 25.3 Å². The van der Waals surface area contributed by atoms with Crippen molar-refractivity contribution in [1.82, 2.24) is 20.1 Å². The highest BCUT2D eigenvalue weighted by Crippen LogP contribution is 2.19. The van der Waals surface area contributed by atoms with Crippen LogP contribution in [0.3, 0.4) is 0 Å². The third-order valence-corrected chi connectivity index (χ3v) is 5.39. The average Bonchev–Trinajstić information content (AvgIpc) is 3.19. The van der Waals surface area contributed by atoms with E-state index in [9.17, 15) is 4.79 Å². The summed E-state index contributed by atoms with van der Waals surface area (Å²) in [5.41, 5.74) is 1.02. The van der Waals surface area contributed by atoms with Crippen molar-refractivity contribution in [3.05, 3.63) is 78.6 Å². The Morgan fingerprint density at radius 3 is 2.61 bits per heavy atom. The van der Waals surface area contributed by atoms with Gasteiger partial charge in [0.15, 0.2) is 11.0 Å². The van der Waals surface area contributed by atoms with Gasteiger partial charge >= 0.3 is 0 Å². The highest BCUT2D eigenvalue weighted by molar-refractivity contribution is 7.99. The van der Waals surface area contributed by atoms with Crippen LogP contribution in [0.4, 0.5) is 0 Å². The lowest BCUT2D eigenvalue weighted by Gasteiger charge is -2.09. The van der Waals surface area contributed by atoms with Crippen molar-refractivity contribution in [3.8, 4) is 11.5 Å². The first-order valence-corrected chi connectivity index (χ1v) is 10.9. The van der Waals surface area contributed by atoms with Crippen LogP contribution in [0.25, 0.3) is 0 Å². The summed E-state index contributed by atoms with van der Waals surface area (Å²) in [7, 11) is 1.63. The Morgan fingerprint density at radius 1 is 1.13 bits per heavy atom. The number of carbonyl (C=O) groups is 1. The molecular formula is C23H26N4O3S. The van der Waals surface area contributed by atoms with E-state index in [2.05, 4.69) is 22.1 Å². The number of aromatic nitrogens is 3. The lowest BCUT2D eigenvalue weighted by molar-refractivity contribution is -0.120. The molecule has 8 heteroatoms. The first-order valence-electron chi connectivity index (χ1n) is 9.93. The molecule has 2 aromatic carbocycles. The molecule has 31 heavy (non-hydrogen) atoms. The summed E-state index contributed by atoms with van der Waals surface area (Å²) in [4.78, 5) is 12.2. The zero-order valence-electron chi connectivity index (χ0n) is 17.5. The van der Waals surface area contributed by atoms with Gasteiger partial charge in [0.1, 0.15) is 18.1 Å². The number of rotatable bonds is 12. The standard InChI is InChI=1S/C23H26N4O3S/c1-3-14-27-21(17-30-20-7-5-4-6-8-20)25-26-23(27)31-15-13-22(28)24-16-18-9-11-19(29-2)12-10-18/h3-12H,1,13-17H2,2H3,(H,24,28). The molecular weight excluding hydrogens is 412 g/mol. The van der Waals surface area contributed by atoms with Gasteiger partial charge in [-0.1, -0.05) is 48.2 Å². The van der Waals surface area contributed by atoms with E-state index in [1.165, 1.54) is 11.8 Å². The Bertz CT molecular complexity index is 974. The largest absolute Gasteiger partial charge is 0.497 e. The third-order valence-electron chi connectivity index (χ3n) is 4.43. The number of amides is 1. The number of allylic oxidation sites excluding steroid dienone is 1. The molecule has 0 unspecified atom stereocenters. The summed E-state index contributed by atoms with van der Waals surface area (Å²) in [6.07, 6.45) is 2.18. The molecule has 0 aliphatic carbocycles. The van der Waals surface area contributed by atoms with Crippen molar-refractivity contribution >= 4 is 17.7 Å². The summed E-state index contributed by atoms with van der Waals surface area (Å²) >= 11 is 1.49. The topological polar surface area (TPSA) is 78.3 Å². The van der Waals surface area contributed by atoms with E-state index < -0.39 is 0 Å². The third kappa shape index (κ3) is 6.89. The molecule has 0 aliphatic heterocycles. The Hall–Kier alpha value is -3.26. The Morgan fingerprint density at radius 2 is 1.90 bits per heavy atom. The summed E-state index contributed by atoms with van der Waals surface area (Å²) in [5.74, 6) is 2.88. The molecule has 1 aromatic heterocycles. The number of thioether (sulfide) groups is 1. The zero-order valence-corrected chi connectivity index (χ0v) is 18.3. The predicted octanol–water partition coefficient (Wildman–Crippen LogP) is 3.85. The van der Waals surface area contributed by atoms with E-state index in [0.717, 1.165) is 28.0 Å². The molecule has 0 saturated heterocycles. The number of benzene rings is 2. The predicted molar refractivity (Wildman–Crippen MR) is 121 cm³/mol. The van der Waals surface area contributed by atoms with E-state index in [1.54, 1.807) is 13.2 Å². The summed E-state index contributed by atoms with van der Waals surface area (Å²) in [5, 5.41) is 12.2. The Kier molecular flexibility index (Phi) is 8.54. The fourth-order valence-electron chi connectivity index (χ4n) is 2.78. The lowest BCUT2D eigenvalue weighted by Crippen LogP contribution is -2.23. The number of methoxy groups -OCH3 is 1. The zero-order chi connectivity index (χ0) is 21.9. The second kappa shape index (κ2) is 11.8.